The van der Waals surface area contributed by atoms with Crippen LogP contribution in [0.4, 0.5) is 11.4 Å². The lowest BCUT2D eigenvalue weighted by Crippen LogP contribution is -2.51. The second-order valence-electron chi connectivity index (χ2n) is 9.30. The third kappa shape index (κ3) is 5.60. The molecule has 174 valence electrons. The molecule has 0 spiro atoms. The smallest absolute Gasteiger partial charge is 0.255 e. The molecule has 2 fully saturated rings. The highest BCUT2D eigenvalue weighted by molar-refractivity contribution is 6.06. The van der Waals surface area contributed by atoms with Crippen LogP contribution in [0.5, 0.6) is 0 Å². The van der Waals surface area contributed by atoms with E-state index in [1.807, 2.05) is 41.3 Å². The molecule has 2 aromatic rings. The highest BCUT2D eigenvalue weighted by Crippen LogP contribution is 2.27. The maximum absolute atomic E-state index is 13.1. The van der Waals surface area contributed by atoms with Crippen molar-refractivity contribution in [2.45, 2.75) is 20.3 Å². The van der Waals surface area contributed by atoms with Crippen molar-refractivity contribution in [1.29, 1.82) is 0 Å². The van der Waals surface area contributed by atoms with E-state index in [0.717, 1.165) is 19.6 Å². The van der Waals surface area contributed by atoms with E-state index in [2.05, 4.69) is 24.1 Å². The van der Waals surface area contributed by atoms with Gasteiger partial charge >= 0.3 is 0 Å². The number of carbonyl (C=O) groups excluding carboxylic acids is 3. The molecule has 0 aromatic heterocycles. The van der Waals surface area contributed by atoms with Gasteiger partial charge in [-0.05, 0) is 36.2 Å². The first-order valence-electron chi connectivity index (χ1n) is 11.7. The number of amides is 3. The number of piperazine rings is 1. The predicted octanol–water partition coefficient (Wildman–Crippen LogP) is 3.09. The second-order valence-corrected chi connectivity index (χ2v) is 9.30. The van der Waals surface area contributed by atoms with Crippen LogP contribution in [-0.4, -0.2) is 66.8 Å². The number of carbonyl (C=O) groups is 3. The molecule has 33 heavy (non-hydrogen) atoms. The zero-order valence-corrected chi connectivity index (χ0v) is 19.4. The van der Waals surface area contributed by atoms with Crippen molar-refractivity contribution >= 4 is 29.1 Å². The summed E-state index contributed by atoms with van der Waals surface area (Å²) in [6.45, 7) is 9.00. The van der Waals surface area contributed by atoms with Crippen LogP contribution >= 0.6 is 0 Å². The number of hydrogen-bond acceptors (Lipinski definition) is 4. The molecule has 1 unspecified atom stereocenters. The van der Waals surface area contributed by atoms with Gasteiger partial charge in [-0.25, -0.2) is 0 Å². The van der Waals surface area contributed by atoms with Crippen molar-refractivity contribution in [2.24, 2.45) is 11.8 Å². The quantitative estimate of drug-likeness (QED) is 0.737. The van der Waals surface area contributed by atoms with Gasteiger partial charge in [0.25, 0.3) is 5.91 Å². The SMILES string of the molecule is CC(C)CN1CCN(C(=O)C2CC(=O)N(c3cccc(C(=O)Nc4ccccc4)c3)C2)CC1. The lowest BCUT2D eigenvalue weighted by molar-refractivity contribution is -0.137. The van der Waals surface area contributed by atoms with E-state index in [1.54, 1.807) is 23.1 Å². The average Bonchev–Trinajstić information content (AvgIpc) is 3.21. The lowest BCUT2D eigenvalue weighted by atomic mass is 10.1. The van der Waals surface area contributed by atoms with E-state index in [4.69, 9.17) is 0 Å². The molecule has 1 atom stereocenters. The Morgan fingerprint density at radius 1 is 1.00 bits per heavy atom. The molecule has 2 aromatic carbocycles. The zero-order valence-electron chi connectivity index (χ0n) is 19.4. The van der Waals surface area contributed by atoms with Crippen LogP contribution in [0, 0.1) is 11.8 Å². The topological polar surface area (TPSA) is 73.0 Å². The molecule has 2 aliphatic rings. The lowest BCUT2D eigenvalue weighted by Gasteiger charge is -2.36. The van der Waals surface area contributed by atoms with Gasteiger partial charge in [0.15, 0.2) is 0 Å². The monoisotopic (exact) mass is 448 g/mol. The van der Waals surface area contributed by atoms with Gasteiger partial charge in [0.1, 0.15) is 0 Å². The van der Waals surface area contributed by atoms with E-state index < -0.39 is 0 Å². The van der Waals surface area contributed by atoms with E-state index in [-0.39, 0.29) is 30.1 Å². The fraction of sp³-hybridized carbons (Fsp3) is 0.423. The van der Waals surface area contributed by atoms with Crippen molar-refractivity contribution < 1.29 is 14.4 Å². The van der Waals surface area contributed by atoms with Crippen LogP contribution < -0.4 is 10.2 Å². The third-order valence-electron chi connectivity index (χ3n) is 6.23. The Bertz CT molecular complexity index is 1000. The molecule has 4 rings (SSSR count). The predicted molar refractivity (Wildman–Crippen MR) is 129 cm³/mol. The molecule has 3 amide bonds. The summed E-state index contributed by atoms with van der Waals surface area (Å²) in [6, 6.07) is 16.3. The molecule has 0 radical (unpaired) electrons. The molecule has 0 bridgehead atoms. The van der Waals surface area contributed by atoms with Gasteiger partial charge in [-0.2, -0.15) is 0 Å². The molecule has 7 heteroatoms. The van der Waals surface area contributed by atoms with E-state index >= 15 is 0 Å². The summed E-state index contributed by atoms with van der Waals surface area (Å²) < 4.78 is 0. The van der Waals surface area contributed by atoms with Gasteiger partial charge in [0, 0.05) is 62.6 Å². The number of nitrogens with one attached hydrogen (secondary N) is 1. The Hall–Kier alpha value is -3.19. The Morgan fingerprint density at radius 3 is 2.42 bits per heavy atom. The van der Waals surface area contributed by atoms with Crippen LogP contribution in [0.3, 0.4) is 0 Å². The zero-order chi connectivity index (χ0) is 23.4. The maximum atomic E-state index is 13.1. The second kappa shape index (κ2) is 10.2. The minimum absolute atomic E-state index is 0.0630. The fourth-order valence-electron chi connectivity index (χ4n) is 4.59. The van der Waals surface area contributed by atoms with Crippen molar-refractivity contribution in [3.05, 3.63) is 60.2 Å². The Balaban J connectivity index is 1.38. The van der Waals surface area contributed by atoms with E-state index in [1.165, 1.54) is 0 Å². The number of anilines is 2. The summed E-state index contributed by atoms with van der Waals surface area (Å²) in [5, 5.41) is 2.87. The fourth-order valence-corrected chi connectivity index (χ4v) is 4.59. The summed E-state index contributed by atoms with van der Waals surface area (Å²) in [7, 11) is 0. The molecular weight excluding hydrogens is 416 g/mol. The van der Waals surface area contributed by atoms with Gasteiger partial charge in [0.05, 0.1) is 5.92 Å². The first kappa shape index (κ1) is 23.0. The molecular formula is C26H32N4O3. The normalized spacial score (nSPS) is 19.2. The van der Waals surface area contributed by atoms with Crippen LogP contribution in [-0.2, 0) is 9.59 Å². The van der Waals surface area contributed by atoms with Gasteiger partial charge in [-0.15, -0.1) is 0 Å². The number of hydrogen-bond donors (Lipinski definition) is 1. The van der Waals surface area contributed by atoms with Crippen LogP contribution in [0.1, 0.15) is 30.6 Å². The number of benzene rings is 2. The summed E-state index contributed by atoms with van der Waals surface area (Å²) in [6.07, 6.45) is 0.214. The Kier molecular flexibility index (Phi) is 7.08. The minimum Gasteiger partial charge on any atom is -0.340 e. The molecule has 7 nitrogen and oxygen atoms in total. The standard InChI is InChI=1S/C26H32N4O3/c1-19(2)17-28-11-13-29(14-12-28)26(33)21-16-24(31)30(18-21)23-10-6-7-20(15-23)25(32)27-22-8-4-3-5-9-22/h3-10,15,19,21H,11-14,16-18H2,1-2H3,(H,27,32). The summed E-state index contributed by atoms with van der Waals surface area (Å²) in [5.74, 6) is 0.0248. The Labute approximate surface area is 195 Å². The molecule has 2 heterocycles. The van der Waals surface area contributed by atoms with Crippen LogP contribution in [0.15, 0.2) is 54.6 Å². The molecule has 2 saturated heterocycles. The maximum Gasteiger partial charge on any atom is 0.255 e. The Morgan fingerprint density at radius 2 is 1.73 bits per heavy atom. The molecule has 1 N–H and O–H groups in total. The highest BCUT2D eigenvalue weighted by Gasteiger charge is 2.38. The van der Waals surface area contributed by atoms with Crippen molar-refractivity contribution in [2.75, 3.05) is 49.5 Å². The number of rotatable bonds is 6. The highest BCUT2D eigenvalue weighted by atomic mass is 16.2. The van der Waals surface area contributed by atoms with E-state index in [9.17, 15) is 14.4 Å². The first-order chi connectivity index (χ1) is 15.9. The van der Waals surface area contributed by atoms with Crippen LogP contribution in [0.25, 0.3) is 0 Å². The van der Waals surface area contributed by atoms with E-state index in [0.29, 0.717) is 42.5 Å². The van der Waals surface area contributed by atoms with Gasteiger partial charge in [-0.1, -0.05) is 38.1 Å². The van der Waals surface area contributed by atoms with Gasteiger partial charge in [0.2, 0.25) is 11.8 Å². The number of para-hydroxylation sites is 1. The van der Waals surface area contributed by atoms with Gasteiger partial charge < -0.3 is 15.1 Å². The third-order valence-corrected chi connectivity index (χ3v) is 6.23. The minimum atomic E-state index is -0.337. The van der Waals surface area contributed by atoms with Crippen molar-refractivity contribution in [1.82, 2.24) is 9.80 Å². The van der Waals surface area contributed by atoms with Gasteiger partial charge in [-0.3, -0.25) is 19.3 Å². The van der Waals surface area contributed by atoms with Crippen molar-refractivity contribution in [3.8, 4) is 0 Å². The first-order valence-corrected chi connectivity index (χ1v) is 11.7. The summed E-state index contributed by atoms with van der Waals surface area (Å²) in [4.78, 5) is 44.5. The molecule has 2 aliphatic heterocycles. The molecule has 0 aliphatic carbocycles. The van der Waals surface area contributed by atoms with Crippen LogP contribution in [0.2, 0.25) is 0 Å². The summed E-state index contributed by atoms with van der Waals surface area (Å²) >= 11 is 0. The largest absolute Gasteiger partial charge is 0.340 e. The van der Waals surface area contributed by atoms with Crippen molar-refractivity contribution in [3.63, 3.8) is 0 Å². The number of nitrogens with zero attached hydrogens (tertiary/aromatic N) is 3. The molecule has 0 saturated carbocycles. The average molecular weight is 449 g/mol. The summed E-state index contributed by atoms with van der Waals surface area (Å²) in [5.41, 5.74) is 1.84.